The Hall–Kier alpha value is -2.86. The topological polar surface area (TPSA) is 82.6 Å². The van der Waals surface area contributed by atoms with Crippen LogP contribution in [0.15, 0.2) is 47.6 Å². The molecule has 1 aliphatic rings. The minimum Gasteiger partial charge on any atom is -0.355 e. The van der Waals surface area contributed by atoms with Gasteiger partial charge in [-0.1, -0.05) is 42.1 Å². The number of halogens is 1. The molecule has 28 heavy (non-hydrogen) atoms. The van der Waals surface area contributed by atoms with Gasteiger partial charge in [-0.2, -0.15) is 5.10 Å². The number of hydrazone groups is 1. The van der Waals surface area contributed by atoms with Crippen LogP contribution in [0.5, 0.6) is 0 Å². The third kappa shape index (κ3) is 5.57. The van der Waals surface area contributed by atoms with Gasteiger partial charge in [-0.05, 0) is 50.1 Å². The highest BCUT2D eigenvalue weighted by Crippen LogP contribution is 2.23. The molecule has 0 aromatic heterocycles. The fourth-order valence-corrected chi connectivity index (χ4v) is 3.26. The standard InChI is InChI=1S/C21H23ClN4O2/c1-14-6-9-18(10-7-14)24-19-11-8-16(22)12-15(19)13-23-26-21(28)20(27)25-17-4-2-3-5-17/h6-13,17,24H,2-5H2,1H3,(H,25,27)(H,26,28)/b23-13-. The summed E-state index contributed by atoms with van der Waals surface area (Å²) in [7, 11) is 0. The van der Waals surface area contributed by atoms with E-state index in [0.717, 1.165) is 37.1 Å². The molecular weight excluding hydrogens is 376 g/mol. The van der Waals surface area contributed by atoms with Crippen LogP contribution in [0.2, 0.25) is 5.02 Å². The van der Waals surface area contributed by atoms with Crippen LogP contribution in [-0.4, -0.2) is 24.1 Å². The van der Waals surface area contributed by atoms with Crippen molar-refractivity contribution < 1.29 is 9.59 Å². The highest BCUT2D eigenvalue weighted by molar-refractivity contribution is 6.35. The average molecular weight is 399 g/mol. The summed E-state index contributed by atoms with van der Waals surface area (Å²) >= 11 is 6.09. The molecule has 1 saturated carbocycles. The van der Waals surface area contributed by atoms with Crippen molar-refractivity contribution in [3.05, 3.63) is 58.6 Å². The van der Waals surface area contributed by atoms with E-state index in [1.54, 1.807) is 12.1 Å². The molecule has 0 radical (unpaired) electrons. The number of carbonyl (C=O) groups is 2. The van der Waals surface area contributed by atoms with Crippen LogP contribution in [0.25, 0.3) is 0 Å². The fourth-order valence-electron chi connectivity index (χ4n) is 3.08. The number of hydrogen-bond donors (Lipinski definition) is 3. The Bertz CT molecular complexity index is 874. The first-order valence-electron chi connectivity index (χ1n) is 9.28. The number of hydrogen-bond acceptors (Lipinski definition) is 4. The summed E-state index contributed by atoms with van der Waals surface area (Å²) in [5.74, 6) is -1.44. The van der Waals surface area contributed by atoms with Crippen molar-refractivity contribution in [2.24, 2.45) is 5.10 Å². The van der Waals surface area contributed by atoms with Gasteiger partial charge in [0.2, 0.25) is 0 Å². The van der Waals surface area contributed by atoms with Crippen molar-refractivity contribution in [3.8, 4) is 0 Å². The Morgan fingerprint density at radius 2 is 1.79 bits per heavy atom. The quantitative estimate of drug-likeness (QED) is 0.406. The molecule has 146 valence electrons. The molecule has 0 aliphatic heterocycles. The lowest BCUT2D eigenvalue weighted by atomic mass is 10.1. The molecule has 7 heteroatoms. The maximum Gasteiger partial charge on any atom is 0.329 e. The summed E-state index contributed by atoms with van der Waals surface area (Å²) in [6.07, 6.45) is 5.45. The van der Waals surface area contributed by atoms with Crippen LogP contribution >= 0.6 is 11.6 Å². The molecule has 3 rings (SSSR count). The van der Waals surface area contributed by atoms with Gasteiger partial charge >= 0.3 is 11.8 Å². The molecular formula is C21H23ClN4O2. The highest BCUT2D eigenvalue weighted by atomic mass is 35.5. The molecule has 2 aromatic carbocycles. The van der Waals surface area contributed by atoms with Crippen LogP contribution in [0.1, 0.15) is 36.8 Å². The van der Waals surface area contributed by atoms with Crippen molar-refractivity contribution in [2.45, 2.75) is 38.6 Å². The second-order valence-electron chi connectivity index (χ2n) is 6.88. The maximum absolute atomic E-state index is 11.9. The number of carbonyl (C=O) groups excluding carboxylic acids is 2. The molecule has 0 bridgehead atoms. The Balaban J connectivity index is 1.63. The second-order valence-corrected chi connectivity index (χ2v) is 7.31. The Morgan fingerprint density at radius 1 is 1.07 bits per heavy atom. The minimum absolute atomic E-state index is 0.0838. The summed E-state index contributed by atoms with van der Waals surface area (Å²) in [6, 6.07) is 13.4. The van der Waals surface area contributed by atoms with Crippen molar-refractivity contribution in [3.63, 3.8) is 0 Å². The van der Waals surface area contributed by atoms with Gasteiger partial charge in [0.1, 0.15) is 0 Å². The molecule has 0 saturated heterocycles. The van der Waals surface area contributed by atoms with E-state index in [-0.39, 0.29) is 6.04 Å². The lowest BCUT2D eigenvalue weighted by Gasteiger charge is -2.11. The molecule has 0 spiro atoms. The molecule has 0 heterocycles. The summed E-state index contributed by atoms with van der Waals surface area (Å²) in [4.78, 5) is 23.8. The normalized spacial score (nSPS) is 14.2. The number of nitrogens with one attached hydrogen (secondary N) is 3. The Kier molecular flexibility index (Phi) is 6.66. The van der Waals surface area contributed by atoms with Crippen LogP contribution in [0.3, 0.4) is 0 Å². The zero-order chi connectivity index (χ0) is 19.9. The minimum atomic E-state index is -0.779. The van der Waals surface area contributed by atoms with Crippen molar-refractivity contribution in [1.82, 2.24) is 10.7 Å². The number of amides is 2. The zero-order valence-electron chi connectivity index (χ0n) is 15.7. The Morgan fingerprint density at radius 3 is 2.50 bits per heavy atom. The first kappa shape index (κ1) is 19.9. The van der Waals surface area contributed by atoms with E-state index >= 15 is 0 Å². The summed E-state index contributed by atoms with van der Waals surface area (Å²) in [5, 5.41) is 10.5. The monoisotopic (exact) mass is 398 g/mol. The van der Waals surface area contributed by atoms with Crippen molar-refractivity contribution in [1.29, 1.82) is 0 Å². The number of aryl methyl sites for hydroxylation is 1. The SMILES string of the molecule is Cc1ccc(Nc2ccc(Cl)cc2/C=N\NC(=O)C(=O)NC2CCCC2)cc1. The summed E-state index contributed by atoms with van der Waals surface area (Å²) in [6.45, 7) is 2.02. The number of rotatable bonds is 5. The van der Waals surface area contributed by atoms with Crippen molar-refractivity contribution in [2.75, 3.05) is 5.32 Å². The maximum atomic E-state index is 11.9. The molecule has 2 aromatic rings. The predicted molar refractivity (Wildman–Crippen MR) is 112 cm³/mol. The van der Waals surface area contributed by atoms with Gasteiger partial charge in [-0.25, -0.2) is 5.43 Å². The number of benzene rings is 2. The van der Waals surface area contributed by atoms with Gasteiger partial charge < -0.3 is 10.6 Å². The van der Waals surface area contributed by atoms with Gasteiger partial charge in [0.15, 0.2) is 0 Å². The van der Waals surface area contributed by atoms with Gasteiger partial charge in [0, 0.05) is 28.0 Å². The molecule has 1 aliphatic carbocycles. The van der Waals surface area contributed by atoms with Crippen molar-refractivity contribution >= 4 is 41.0 Å². The zero-order valence-corrected chi connectivity index (χ0v) is 16.4. The van der Waals surface area contributed by atoms with Crippen LogP contribution in [0.4, 0.5) is 11.4 Å². The second kappa shape index (κ2) is 9.37. The van der Waals surface area contributed by atoms with Gasteiger partial charge in [-0.15, -0.1) is 0 Å². The largest absolute Gasteiger partial charge is 0.355 e. The van der Waals surface area contributed by atoms with E-state index in [4.69, 9.17) is 11.6 Å². The van der Waals surface area contributed by atoms with E-state index in [0.29, 0.717) is 10.6 Å². The average Bonchev–Trinajstić information content (AvgIpc) is 3.18. The number of nitrogens with zero attached hydrogens (tertiary/aromatic N) is 1. The van der Waals surface area contributed by atoms with E-state index in [9.17, 15) is 9.59 Å². The van der Waals surface area contributed by atoms with E-state index in [1.807, 2.05) is 37.3 Å². The van der Waals surface area contributed by atoms with Gasteiger partial charge in [0.25, 0.3) is 0 Å². The summed E-state index contributed by atoms with van der Waals surface area (Å²) in [5.41, 5.74) is 5.82. The molecule has 1 fully saturated rings. The van der Waals surface area contributed by atoms with E-state index < -0.39 is 11.8 Å². The molecule has 0 unspecified atom stereocenters. The Labute approximate surface area is 169 Å². The van der Waals surface area contributed by atoms with E-state index in [2.05, 4.69) is 21.2 Å². The van der Waals surface area contributed by atoms with E-state index in [1.165, 1.54) is 11.8 Å². The van der Waals surface area contributed by atoms with Gasteiger partial charge in [0.05, 0.1) is 6.21 Å². The first-order valence-corrected chi connectivity index (χ1v) is 9.66. The van der Waals surface area contributed by atoms with Crippen LogP contribution in [-0.2, 0) is 9.59 Å². The molecule has 3 N–H and O–H groups in total. The smallest absolute Gasteiger partial charge is 0.329 e. The third-order valence-corrected chi connectivity index (χ3v) is 4.85. The molecule has 2 amide bonds. The number of anilines is 2. The van der Waals surface area contributed by atoms with Gasteiger partial charge in [-0.3, -0.25) is 9.59 Å². The third-order valence-electron chi connectivity index (χ3n) is 4.61. The fraction of sp³-hybridized carbons (Fsp3) is 0.286. The lowest BCUT2D eigenvalue weighted by Crippen LogP contribution is -2.42. The van der Waals surface area contributed by atoms with Crippen LogP contribution < -0.4 is 16.1 Å². The summed E-state index contributed by atoms with van der Waals surface area (Å²) < 4.78 is 0. The highest BCUT2D eigenvalue weighted by Gasteiger charge is 2.21. The van der Waals surface area contributed by atoms with Crippen LogP contribution in [0, 0.1) is 6.92 Å². The predicted octanol–water partition coefficient (Wildman–Crippen LogP) is 3.90. The lowest BCUT2D eigenvalue weighted by molar-refractivity contribution is -0.139. The molecule has 6 nitrogen and oxygen atoms in total. The first-order chi connectivity index (χ1) is 13.5. The molecule has 0 atom stereocenters.